The zero-order valence-corrected chi connectivity index (χ0v) is 10.9. The van der Waals surface area contributed by atoms with Crippen LogP contribution in [0.25, 0.3) is 0 Å². The SMILES string of the molecule is O=C(NCCCCCl)c1cccc(F)c1Br. The molecule has 0 bridgehead atoms. The summed E-state index contributed by atoms with van der Waals surface area (Å²) < 4.78 is 13.3. The molecule has 0 atom stereocenters. The largest absolute Gasteiger partial charge is 0.352 e. The number of benzene rings is 1. The number of alkyl halides is 1. The Balaban J connectivity index is 2.56. The predicted molar refractivity (Wildman–Crippen MR) is 66.4 cm³/mol. The molecule has 16 heavy (non-hydrogen) atoms. The van der Waals surface area contributed by atoms with E-state index in [4.69, 9.17) is 11.6 Å². The standard InChI is InChI=1S/C11H12BrClFNO/c12-10-8(4-3-5-9(10)14)11(16)15-7-2-1-6-13/h3-5H,1-2,6-7H2,(H,15,16). The van der Waals surface area contributed by atoms with E-state index < -0.39 is 5.82 Å². The quantitative estimate of drug-likeness (QED) is 0.656. The lowest BCUT2D eigenvalue weighted by molar-refractivity contribution is 0.0952. The fourth-order valence-electron chi connectivity index (χ4n) is 1.20. The van der Waals surface area contributed by atoms with Crippen molar-refractivity contribution < 1.29 is 9.18 Å². The molecule has 0 fully saturated rings. The maximum absolute atomic E-state index is 13.1. The van der Waals surface area contributed by atoms with Crippen LogP contribution in [0.1, 0.15) is 23.2 Å². The molecule has 0 aliphatic rings. The minimum Gasteiger partial charge on any atom is -0.352 e. The molecule has 0 aliphatic heterocycles. The van der Waals surface area contributed by atoms with E-state index >= 15 is 0 Å². The summed E-state index contributed by atoms with van der Waals surface area (Å²) in [6.45, 7) is 0.550. The number of rotatable bonds is 5. The lowest BCUT2D eigenvalue weighted by Gasteiger charge is -2.06. The molecule has 2 nitrogen and oxygen atoms in total. The predicted octanol–water partition coefficient (Wildman–Crippen LogP) is 3.34. The first-order valence-corrected chi connectivity index (χ1v) is 6.27. The fraction of sp³-hybridized carbons (Fsp3) is 0.364. The topological polar surface area (TPSA) is 29.1 Å². The lowest BCUT2D eigenvalue weighted by atomic mass is 10.2. The van der Waals surface area contributed by atoms with Crippen molar-refractivity contribution in [2.45, 2.75) is 12.8 Å². The molecular formula is C11H12BrClFNO. The molecule has 0 radical (unpaired) electrons. The summed E-state index contributed by atoms with van der Waals surface area (Å²) in [6, 6.07) is 4.38. The maximum Gasteiger partial charge on any atom is 0.252 e. The first-order chi connectivity index (χ1) is 7.66. The maximum atomic E-state index is 13.1. The van der Waals surface area contributed by atoms with Crippen molar-refractivity contribution in [2.24, 2.45) is 0 Å². The molecule has 88 valence electrons. The highest BCUT2D eigenvalue weighted by Gasteiger charge is 2.11. The van der Waals surface area contributed by atoms with E-state index in [1.54, 1.807) is 6.07 Å². The highest BCUT2D eigenvalue weighted by atomic mass is 79.9. The van der Waals surface area contributed by atoms with Crippen LogP contribution in [-0.2, 0) is 0 Å². The molecule has 0 spiro atoms. The van der Waals surface area contributed by atoms with Crippen LogP contribution in [0.3, 0.4) is 0 Å². The van der Waals surface area contributed by atoms with Gasteiger partial charge >= 0.3 is 0 Å². The van der Waals surface area contributed by atoms with Crippen molar-refractivity contribution in [1.29, 1.82) is 0 Å². The minimum atomic E-state index is -0.437. The number of unbranched alkanes of at least 4 members (excludes halogenated alkanes) is 1. The van der Waals surface area contributed by atoms with Gasteiger partial charge in [-0.3, -0.25) is 4.79 Å². The van der Waals surface area contributed by atoms with Crippen molar-refractivity contribution in [3.63, 3.8) is 0 Å². The van der Waals surface area contributed by atoms with Crippen molar-refractivity contribution in [2.75, 3.05) is 12.4 Å². The van der Waals surface area contributed by atoms with Crippen molar-refractivity contribution in [3.05, 3.63) is 34.1 Å². The van der Waals surface area contributed by atoms with E-state index in [0.29, 0.717) is 18.0 Å². The molecule has 0 aliphatic carbocycles. The average Bonchev–Trinajstić information content (AvgIpc) is 2.28. The Hall–Kier alpha value is -0.610. The molecule has 5 heteroatoms. The third kappa shape index (κ3) is 3.76. The molecule has 0 saturated heterocycles. The number of hydrogen-bond acceptors (Lipinski definition) is 1. The van der Waals surface area contributed by atoms with Gasteiger partial charge in [-0.05, 0) is 40.9 Å². The number of hydrogen-bond donors (Lipinski definition) is 1. The zero-order chi connectivity index (χ0) is 12.0. The van der Waals surface area contributed by atoms with Crippen molar-refractivity contribution in [3.8, 4) is 0 Å². The van der Waals surface area contributed by atoms with Crippen LogP contribution >= 0.6 is 27.5 Å². The van der Waals surface area contributed by atoms with Crippen LogP contribution in [0.15, 0.2) is 22.7 Å². The molecule has 1 rings (SSSR count). The van der Waals surface area contributed by atoms with Gasteiger partial charge in [0.15, 0.2) is 0 Å². The summed E-state index contributed by atoms with van der Waals surface area (Å²) in [7, 11) is 0. The molecule has 0 saturated carbocycles. The third-order valence-electron chi connectivity index (χ3n) is 2.04. The highest BCUT2D eigenvalue weighted by Crippen LogP contribution is 2.20. The van der Waals surface area contributed by atoms with Gasteiger partial charge in [0.1, 0.15) is 5.82 Å². The zero-order valence-electron chi connectivity index (χ0n) is 8.60. The highest BCUT2D eigenvalue weighted by molar-refractivity contribution is 9.10. The van der Waals surface area contributed by atoms with E-state index in [0.717, 1.165) is 12.8 Å². The van der Waals surface area contributed by atoms with Crippen LogP contribution in [0, 0.1) is 5.82 Å². The summed E-state index contributed by atoms with van der Waals surface area (Å²) in [5.74, 6) is -0.131. The smallest absolute Gasteiger partial charge is 0.252 e. The van der Waals surface area contributed by atoms with Gasteiger partial charge in [-0.1, -0.05) is 6.07 Å². The van der Waals surface area contributed by atoms with Crippen LogP contribution in [0.2, 0.25) is 0 Å². The van der Waals surface area contributed by atoms with Crippen molar-refractivity contribution in [1.82, 2.24) is 5.32 Å². The van der Waals surface area contributed by atoms with Gasteiger partial charge < -0.3 is 5.32 Å². The second-order valence-electron chi connectivity index (χ2n) is 3.25. The summed E-state index contributed by atoms with van der Waals surface area (Å²) in [5, 5.41) is 2.71. The lowest BCUT2D eigenvalue weighted by Crippen LogP contribution is -2.25. The summed E-state index contributed by atoms with van der Waals surface area (Å²) in [4.78, 5) is 11.6. The van der Waals surface area contributed by atoms with Gasteiger partial charge in [0, 0.05) is 12.4 Å². The molecule has 1 aromatic rings. The van der Waals surface area contributed by atoms with Crippen LogP contribution in [-0.4, -0.2) is 18.3 Å². The number of nitrogens with one attached hydrogen (secondary N) is 1. The van der Waals surface area contributed by atoms with Gasteiger partial charge in [-0.15, -0.1) is 11.6 Å². The van der Waals surface area contributed by atoms with Crippen LogP contribution in [0.5, 0.6) is 0 Å². The molecule has 1 aromatic carbocycles. The van der Waals surface area contributed by atoms with Crippen LogP contribution < -0.4 is 5.32 Å². The second kappa shape index (κ2) is 6.86. The molecule has 1 amide bonds. The monoisotopic (exact) mass is 307 g/mol. The van der Waals surface area contributed by atoms with Crippen molar-refractivity contribution >= 4 is 33.4 Å². The Morgan fingerprint density at radius 1 is 1.44 bits per heavy atom. The van der Waals surface area contributed by atoms with E-state index in [1.807, 2.05) is 0 Å². The van der Waals surface area contributed by atoms with Gasteiger partial charge in [0.25, 0.3) is 5.91 Å². The minimum absolute atomic E-state index is 0.199. The second-order valence-corrected chi connectivity index (χ2v) is 4.42. The van der Waals surface area contributed by atoms with Gasteiger partial charge in [0.05, 0.1) is 10.0 Å². The summed E-state index contributed by atoms with van der Waals surface area (Å²) in [6.07, 6.45) is 1.67. The van der Waals surface area contributed by atoms with Gasteiger partial charge in [-0.2, -0.15) is 0 Å². The number of carbonyl (C=O) groups excluding carboxylic acids is 1. The number of halogens is 3. The van der Waals surface area contributed by atoms with E-state index in [9.17, 15) is 9.18 Å². The molecule has 0 aromatic heterocycles. The molecular weight excluding hydrogens is 296 g/mol. The van der Waals surface area contributed by atoms with E-state index in [1.165, 1.54) is 12.1 Å². The third-order valence-corrected chi connectivity index (χ3v) is 3.12. The van der Waals surface area contributed by atoms with E-state index in [-0.39, 0.29) is 10.4 Å². The Bertz CT molecular complexity index is 373. The van der Waals surface area contributed by atoms with Gasteiger partial charge in [-0.25, -0.2) is 4.39 Å². The van der Waals surface area contributed by atoms with Crippen LogP contribution in [0.4, 0.5) is 4.39 Å². The summed E-state index contributed by atoms with van der Waals surface area (Å²) >= 11 is 8.56. The molecule has 1 N–H and O–H groups in total. The Labute approximate surface area is 107 Å². The first kappa shape index (κ1) is 13.5. The number of amides is 1. The normalized spacial score (nSPS) is 10.2. The summed E-state index contributed by atoms with van der Waals surface area (Å²) in [5.41, 5.74) is 0.311. The Morgan fingerprint density at radius 3 is 2.88 bits per heavy atom. The Kier molecular flexibility index (Phi) is 5.77. The fourth-order valence-corrected chi connectivity index (χ4v) is 1.83. The molecule has 0 heterocycles. The van der Waals surface area contributed by atoms with E-state index in [2.05, 4.69) is 21.2 Å². The molecule has 0 unspecified atom stereocenters. The Morgan fingerprint density at radius 2 is 2.19 bits per heavy atom. The first-order valence-electron chi connectivity index (χ1n) is 4.95. The number of carbonyl (C=O) groups is 1. The average molecular weight is 309 g/mol. The van der Waals surface area contributed by atoms with Gasteiger partial charge in [0.2, 0.25) is 0 Å².